The summed E-state index contributed by atoms with van der Waals surface area (Å²) in [5.74, 6) is 1.10. The fourth-order valence-electron chi connectivity index (χ4n) is 4.74. The Labute approximate surface area is 198 Å². The Hall–Kier alpha value is -3.46. The Kier molecular flexibility index (Phi) is 6.19. The predicted molar refractivity (Wildman–Crippen MR) is 130 cm³/mol. The summed E-state index contributed by atoms with van der Waals surface area (Å²) in [6.07, 6.45) is 8.28. The smallest absolute Gasteiger partial charge is 0.210 e. The van der Waals surface area contributed by atoms with Crippen LogP contribution in [0.2, 0.25) is 0 Å². The maximum atomic E-state index is 14.5. The normalized spacial score (nSPS) is 15.8. The number of ether oxygens (including phenoxy) is 1. The van der Waals surface area contributed by atoms with E-state index >= 15 is 0 Å². The molecular formula is C25H30FN7O. The molecule has 1 aromatic carbocycles. The van der Waals surface area contributed by atoms with Gasteiger partial charge in [-0.15, -0.1) is 10.2 Å². The van der Waals surface area contributed by atoms with Crippen LogP contribution in [0.4, 0.5) is 10.3 Å². The Morgan fingerprint density at radius 1 is 1.26 bits per heavy atom. The molecule has 2 aliphatic heterocycles. The number of anilines is 1. The average molecular weight is 464 g/mol. The van der Waals surface area contributed by atoms with Crippen molar-refractivity contribution in [2.75, 3.05) is 45.7 Å². The monoisotopic (exact) mass is 463 g/mol. The third kappa shape index (κ3) is 4.35. The summed E-state index contributed by atoms with van der Waals surface area (Å²) in [5, 5.41) is 11.8. The van der Waals surface area contributed by atoms with Gasteiger partial charge in [0.05, 0.1) is 6.61 Å². The summed E-state index contributed by atoms with van der Waals surface area (Å²) in [6, 6.07) is 3.16. The first-order valence-corrected chi connectivity index (χ1v) is 11.6. The first-order valence-electron chi connectivity index (χ1n) is 11.6. The largest absolute Gasteiger partial charge is 0.493 e. The quantitative estimate of drug-likeness (QED) is 0.576. The predicted octanol–water partition coefficient (Wildman–Crippen LogP) is 3.36. The topological polar surface area (TPSA) is 70.8 Å². The van der Waals surface area contributed by atoms with Crippen molar-refractivity contribution in [3.8, 4) is 5.75 Å². The maximum absolute atomic E-state index is 14.5. The number of hydrogen-bond donors (Lipinski definition) is 1. The second kappa shape index (κ2) is 9.42. The molecule has 0 atom stereocenters. The Bertz CT molecular complexity index is 1250. The molecule has 4 heterocycles. The fourth-order valence-corrected chi connectivity index (χ4v) is 4.74. The van der Waals surface area contributed by atoms with E-state index < -0.39 is 0 Å². The average Bonchev–Trinajstić information content (AvgIpc) is 3.42. The number of aromatic nitrogens is 4. The lowest BCUT2D eigenvalue weighted by atomic mass is 10.0. The van der Waals surface area contributed by atoms with Crippen molar-refractivity contribution in [2.24, 2.45) is 0 Å². The van der Waals surface area contributed by atoms with Gasteiger partial charge in [-0.3, -0.25) is 4.40 Å². The summed E-state index contributed by atoms with van der Waals surface area (Å²) in [4.78, 5) is 9.15. The van der Waals surface area contributed by atoms with Gasteiger partial charge in [-0.2, -0.15) is 0 Å². The van der Waals surface area contributed by atoms with Crippen LogP contribution < -0.4 is 10.1 Å². The second-order valence-electron chi connectivity index (χ2n) is 9.03. The molecule has 0 fully saturated rings. The second-order valence-corrected chi connectivity index (χ2v) is 9.03. The van der Waals surface area contributed by atoms with Gasteiger partial charge in [-0.1, -0.05) is 12.7 Å². The van der Waals surface area contributed by atoms with Crippen LogP contribution in [0.1, 0.15) is 29.5 Å². The van der Waals surface area contributed by atoms with Gasteiger partial charge in [0.2, 0.25) is 5.95 Å². The van der Waals surface area contributed by atoms with Crippen molar-refractivity contribution < 1.29 is 9.13 Å². The minimum Gasteiger partial charge on any atom is -0.493 e. The van der Waals surface area contributed by atoms with Gasteiger partial charge in [0.1, 0.15) is 17.9 Å². The Morgan fingerprint density at radius 3 is 3.00 bits per heavy atom. The molecule has 0 spiro atoms. The minimum absolute atomic E-state index is 0.239. The molecule has 0 aliphatic carbocycles. The number of fused-ring (bicyclic) bond motifs is 2. The molecule has 9 heteroatoms. The number of nitrogens with one attached hydrogen (secondary N) is 1. The first kappa shape index (κ1) is 22.3. The molecule has 2 aromatic heterocycles. The summed E-state index contributed by atoms with van der Waals surface area (Å²) in [7, 11) is 4.12. The van der Waals surface area contributed by atoms with E-state index in [1.165, 1.54) is 11.6 Å². The molecule has 2 aliphatic rings. The zero-order chi connectivity index (χ0) is 23.7. The zero-order valence-corrected chi connectivity index (χ0v) is 19.7. The van der Waals surface area contributed by atoms with Gasteiger partial charge in [0.25, 0.3) is 0 Å². The molecule has 3 aromatic rings. The van der Waals surface area contributed by atoms with Crippen molar-refractivity contribution in [1.29, 1.82) is 0 Å². The molecule has 0 unspecified atom stereocenters. The molecule has 5 rings (SSSR count). The van der Waals surface area contributed by atoms with Crippen LogP contribution in [0, 0.1) is 5.82 Å². The van der Waals surface area contributed by atoms with Crippen LogP contribution in [-0.2, 0) is 13.0 Å². The Morgan fingerprint density at radius 2 is 2.15 bits per heavy atom. The van der Waals surface area contributed by atoms with Crippen molar-refractivity contribution in [3.05, 3.63) is 65.5 Å². The number of hydrogen-bond acceptors (Lipinski definition) is 7. The molecule has 1 N–H and O–H groups in total. The van der Waals surface area contributed by atoms with Crippen LogP contribution in [0.25, 0.3) is 11.2 Å². The van der Waals surface area contributed by atoms with Crippen LogP contribution in [0.3, 0.4) is 0 Å². The highest BCUT2D eigenvalue weighted by atomic mass is 19.1. The highest BCUT2D eigenvalue weighted by molar-refractivity contribution is 5.76. The number of rotatable bonds is 7. The maximum Gasteiger partial charge on any atom is 0.210 e. The summed E-state index contributed by atoms with van der Waals surface area (Å²) >= 11 is 0. The lowest BCUT2D eigenvalue weighted by Crippen LogP contribution is -2.30. The van der Waals surface area contributed by atoms with Crippen LogP contribution in [0.5, 0.6) is 5.75 Å². The zero-order valence-electron chi connectivity index (χ0n) is 19.7. The van der Waals surface area contributed by atoms with Gasteiger partial charge in [-0.25, -0.2) is 9.37 Å². The lowest BCUT2D eigenvalue weighted by Gasteiger charge is -2.27. The van der Waals surface area contributed by atoms with Crippen molar-refractivity contribution in [1.82, 2.24) is 29.4 Å². The van der Waals surface area contributed by atoms with E-state index in [2.05, 4.69) is 57.0 Å². The van der Waals surface area contributed by atoms with E-state index in [9.17, 15) is 4.39 Å². The summed E-state index contributed by atoms with van der Waals surface area (Å²) in [5.41, 5.74) is 5.60. The molecule has 8 nitrogen and oxygen atoms in total. The van der Waals surface area contributed by atoms with Gasteiger partial charge >= 0.3 is 0 Å². The molecule has 0 saturated heterocycles. The molecule has 0 bridgehead atoms. The molecule has 34 heavy (non-hydrogen) atoms. The van der Waals surface area contributed by atoms with E-state index in [-0.39, 0.29) is 5.82 Å². The number of benzene rings is 1. The van der Waals surface area contributed by atoms with Gasteiger partial charge in [0, 0.05) is 61.2 Å². The molecule has 0 amide bonds. The van der Waals surface area contributed by atoms with Crippen molar-refractivity contribution in [3.63, 3.8) is 0 Å². The van der Waals surface area contributed by atoms with E-state index in [1.807, 2.05) is 10.6 Å². The van der Waals surface area contributed by atoms with E-state index in [0.29, 0.717) is 31.1 Å². The molecule has 0 radical (unpaired) electrons. The SMILES string of the molecule is C=C(CN(C)C)N1CCC=C(c2cnc(NCc3c(F)ccc4c3CCO4)n3cnnc23)CC1. The van der Waals surface area contributed by atoms with E-state index in [0.717, 1.165) is 60.7 Å². The number of halogens is 1. The third-order valence-corrected chi connectivity index (χ3v) is 6.43. The summed E-state index contributed by atoms with van der Waals surface area (Å²) in [6.45, 7) is 7.86. The van der Waals surface area contributed by atoms with Crippen molar-refractivity contribution in [2.45, 2.75) is 25.8 Å². The molecule has 0 saturated carbocycles. The first-order chi connectivity index (χ1) is 16.5. The standard InChI is InChI=1S/C25H30FN7O/c1-17(15-31(2)3)32-10-4-5-18(8-11-32)20-13-27-25(33-16-29-30-24(20)33)28-14-21-19-9-12-34-23(19)7-6-22(21)26/h5-7,13,16H,1,4,8-12,14-15H2,2-3H3,(H,27,28). The van der Waals surface area contributed by atoms with Crippen LogP contribution in [0.15, 0.2) is 43.0 Å². The highest BCUT2D eigenvalue weighted by Gasteiger charge is 2.21. The third-order valence-electron chi connectivity index (χ3n) is 6.43. The van der Waals surface area contributed by atoms with Crippen molar-refractivity contribution >= 4 is 17.2 Å². The molecular weight excluding hydrogens is 433 g/mol. The minimum atomic E-state index is -0.239. The van der Waals surface area contributed by atoms with Gasteiger partial charge < -0.3 is 19.9 Å². The van der Waals surface area contributed by atoms with E-state index in [4.69, 9.17) is 4.74 Å². The fraction of sp³-hybridized carbons (Fsp3) is 0.400. The van der Waals surface area contributed by atoms with Gasteiger partial charge in [0.15, 0.2) is 5.65 Å². The van der Waals surface area contributed by atoms with Crippen LogP contribution >= 0.6 is 0 Å². The Balaban J connectivity index is 1.34. The highest BCUT2D eigenvalue weighted by Crippen LogP contribution is 2.31. The van der Waals surface area contributed by atoms with E-state index in [1.54, 1.807) is 12.4 Å². The number of nitrogens with zero attached hydrogens (tertiary/aromatic N) is 6. The van der Waals surface area contributed by atoms with Gasteiger partial charge in [-0.05, 0) is 44.6 Å². The summed E-state index contributed by atoms with van der Waals surface area (Å²) < 4.78 is 22.0. The molecule has 178 valence electrons. The number of likely N-dealkylation sites (N-methyl/N-ethyl adjacent to an activating group) is 1. The van der Waals surface area contributed by atoms with Crippen LogP contribution in [-0.4, -0.2) is 69.7 Å². The lowest BCUT2D eigenvalue weighted by molar-refractivity contribution is 0.316.